The molecule has 0 saturated carbocycles. The molecule has 5 heteroatoms. The van der Waals surface area contributed by atoms with E-state index in [-0.39, 0.29) is 18.4 Å². The van der Waals surface area contributed by atoms with Crippen LogP contribution in [-0.2, 0) is 9.59 Å². The van der Waals surface area contributed by atoms with Gasteiger partial charge in [-0.05, 0) is 38.1 Å². The van der Waals surface area contributed by atoms with E-state index in [1.165, 1.54) is 0 Å². The maximum absolute atomic E-state index is 11.8. The molecular weight excluding hydrogens is 232 g/mol. The summed E-state index contributed by atoms with van der Waals surface area (Å²) in [5, 5.41) is 2.32. The molecule has 0 radical (unpaired) electrons. The van der Waals surface area contributed by atoms with Crippen LogP contribution in [0.1, 0.15) is 24.2 Å². The van der Waals surface area contributed by atoms with Crippen molar-refractivity contribution in [1.29, 1.82) is 0 Å². The number of hydrogen-bond donors (Lipinski definition) is 1. The summed E-state index contributed by atoms with van der Waals surface area (Å²) >= 11 is 0. The van der Waals surface area contributed by atoms with E-state index in [1.807, 2.05) is 0 Å². The minimum Gasteiger partial charge on any atom is -0.348 e. The molecule has 5 nitrogen and oxygen atoms in total. The van der Waals surface area contributed by atoms with Gasteiger partial charge < -0.3 is 4.90 Å². The highest BCUT2D eigenvalue weighted by Crippen LogP contribution is 2.26. The topological polar surface area (TPSA) is 66.5 Å². The Morgan fingerprint density at radius 3 is 2.39 bits per heavy atom. The molecule has 1 aliphatic heterocycles. The Morgan fingerprint density at radius 2 is 1.83 bits per heavy atom. The van der Waals surface area contributed by atoms with Crippen LogP contribution in [0.15, 0.2) is 24.3 Å². The van der Waals surface area contributed by atoms with Gasteiger partial charge in [0, 0.05) is 11.3 Å². The van der Waals surface area contributed by atoms with Crippen LogP contribution in [0.3, 0.4) is 0 Å². The van der Waals surface area contributed by atoms with Crippen LogP contribution in [0.2, 0.25) is 0 Å². The molecular formula is C13H14N2O3. The molecule has 18 heavy (non-hydrogen) atoms. The van der Waals surface area contributed by atoms with Crippen LogP contribution in [-0.4, -0.2) is 30.2 Å². The lowest BCUT2D eigenvalue weighted by molar-refractivity contribution is -0.135. The fourth-order valence-electron chi connectivity index (χ4n) is 1.93. The zero-order valence-electron chi connectivity index (χ0n) is 10.3. The predicted molar refractivity (Wildman–Crippen MR) is 66.4 cm³/mol. The van der Waals surface area contributed by atoms with Gasteiger partial charge in [-0.25, -0.2) is 0 Å². The molecule has 1 saturated heterocycles. The van der Waals surface area contributed by atoms with Crippen molar-refractivity contribution in [2.24, 2.45) is 0 Å². The van der Waals surface area contributed by atoms with E-state index >= 15 is 0 Å². The Bertz CT molecular complexity index is 505. The third kappa shape index (κ3) is 1.99. The first-order valence-corrected chi connectivity index (χ1v) is 5.62. The molecule has 0 aliphatic carbocycles. The van der Waals surface area contributed by atoms with Crippen molar-refractivity contribution in [2.45, 2.75) is 19.4 Å². The minimum absolute atomic E-state index is 0.124. The Morgan fingerprint density at radius 1 is 1.22 bits per heavy atom. The molecule has 1 aromatic rings. The molecule has 1 fully saturated rings. The minimum atomic E-state index is -0.795. The van der Waals surface area contributed by atoms with E-state index in [9.17, 15) is 14.4 Å². The quantitative estimate of drug-likeness (QED) is 0.617. The largest absolute Gasteiger partial charge is 0.348 e. The molecule has 1 N–H and O–H groups in total. The Kier molecular flexibility index (Phi) is 2.90. The van der Waals surface area contributed by atoms with E-state index in [1.54, 1.807) is 43.0 Å². The van der Waals surface area contributed by atoms with Crippen molar-refractivity contribution >= 4 is 23.8 Å². The molecule has 0 spiro atoms. The van der Waals surface area contributed by atoms with Gasteiger partial charge in [0.2, 0.25) is 5.91 Å². The number of aldehydes is 1. The smallest absolute Gasteiger partial charge is 0.251 e. The first-order valence-electron chi connectivity index (χ1n) is 5.62. The maximum Gasteiger partial charge on any atom is 0.251 e. The van der Waals surface area contributed by atoms with Crippen LogP contribution in [0.4, 0.5) is 5.69 Å². The number of rotatable bonds is 2. The fourth-order valence-corrected chi connectivity index (χ4v) is 1.93. The fraction of sp³-hybridized carbons (Fsp3) is 0.308. The molecule has 0 aromatic heterocycles. The second kappa shape index (κ2) is 4.25. The lowest BCUT2D eigenvalue weighted by atomic mass is 9.97. The second-order valence-electron chi connectivity index (χ2n) is 4.73. The van der Waals surface area contributed by atoms with Gasteiger partial charge in [0.1, 0.15) is 11.8 Å². The monoisotopic (exact) mass is 246 g/mol. The first kappa shape index (κ1) is 12.3. The van der Waals surface area contributed by atoms with E-state index in [0.717, 1.165) is 12.0 Å². The predicted octanol–water partition coefficient (Wildman–Crippen LogP) is 0.740. The SMILES string of the molecule is CC1(C)C(=O)NC(=O)CN1c1ccc(C=O)cc1. The standard InChI is InChI=1S/C13H14N2O3/c1-13(2)12(18)14-11(17)7-15(13)10-5-3-9(8-16)4-6-10/h3-6,8H,7H2,1-2H3,(H,14,17,18). The van der Waals surface area contributed by atoms with Gasteiger partial charge in [-0.2, -0.15) is 0 Å². The number of nitrogens with zero attached hydrogens (tertiary/aromatic N) is 1. The summed E-state index contributed by atoms with van der Waals surface area (Å²) in [7, 11) is 0. The molecule has 2 rings (SSSR count). The molecule has 0 atom stereocenters. The molecule has 0 unspecified atom stereocenters. The maximum atomic E-state index is 11.8. The Labute approximate surface area is 105 Å². The number of carbonyl (C=O) groups excluding carboxylic acids is 3. The van der Waals surface area contributed by atoms with Crippen LogP contribution >= 0.6 is 0 Å². The zero-order chi connectivity index (χ0) is 13.3. The lowest BCUT2D eigenvalue weighted by Gasteiger charge is -2.41. The van der Waals surface area contributed by atoms with Crippen LogP contribution in [0.5, 0.6) is 0 Å². The third-order valence-corrected chi connectivity index (χ3v) is 3.13. The number of imide groups is 1. The van der Waals surface area contributed by atoms with Gasteiger partial charge >= 0.3 is 0 Å². The van der Waals surface area contributed by atoms with Crippen LogP contribution < -0.4 is 10.2 Å². The highest BCUT2D eigenvalue weighted by molar-refractivity contribution is 6.06. The Balaban J connectivity index is 2.37. The Hall–Kier alpha value is -2.17. The summed E-state index contributed by atoms with van der Waals surface area (Å²) in [6.07, 6.45) is 0.753. The first-order chi connectivity index (χ1) is 8.45. The van der Waals surface area contributed by atoms with E-state index < -0.39 is 5.54 Å². The molecule has 1 aliphatic rings. The molecule has 1 aromatic carbocycles. The number of piperazine rings is 1. The van der Waals surface area contributed by atoms with E-state index in [2.05, 4.69) is 5.32 Å². The summed E-state index contributed by atoms with van der Waals surface area (Å²) in [6.45, 7) is 3.63. The van der Waals surface area contributed by atoms with E-state index in [4.69, 9.17) is 0 Å². The van der Waals surface area contributed by atoms with Crippen molar-refractivity contribution < 1.29 is 14.4 Å². The zero-order valence-corrected chi connectivity index (χ0v) is 10.3. The summed E-state index contributed by atoms with van der Waals surface area (Å²) in [5.41, 5.74) is 0.509. The number of anilines is 1. The van der Waals surface area contributed by atoms with Gasteiger partial charge in [-0.1, -0.05) is 0 Å². The summed E-state index contributed by atoms with van der Waals surface area (Å²) < 4.78 is 0. The van der Waals surface area contributed by atoms with Crippen LogP contribution in [0.25, 0.3) is 0 Å². The molecule has 2 amide bonds. The number of benzene rings is 1. The van der Waals surface area contributed by atoms with E-state index in [0.29, 0.717) is 5.56 Å². The second-order valence-corrected chi connectivity index (χ2v) is 4.73. The van der Waals surface area contributed by atoms with Crippen molar-refractivity contribution in [2.75, 3.05) is 11.4 Å². The van der Waals surface area contributed by atoms with Crippen molar-refractivity contribution in [3.63, 3.8) is 0 Å². The lowest BCUT2D eigenvalue weighted by Crippen LogP contribution is -2.64. The highest BCUT2D eigenvalue weighted by atomic mass is 16.2. The van der Waals surface area contributed by atoms with Crippen molar-refractivity contribution in [3.8, 4) is 0 Å². The van der Waals surface area contributed by atoms with Crippen LogP contribution in [0, 0.1) is 0 Å². The summed E-state index contributed by atoms with van der Waals surface area (Å²) in [4.78, 5) is 35.6. The third-order valence-electron chi connectivity index (χ3n) is 3.13. The number of hydrogen-bond acceptors (Lipinski definition) is 4. The summed E-state index contributed by atoms with van der Waals surface area (Å²) in [5.74, 6) is -0.642. The molecule has 0 bridgehead atoms. The van der Waals surface area contributed by atoms with Crippen molar-refractivity contribution in [3.05, 3.63) is 29.8 Å². The van der Waals surface area contributed by atoms with Gasteiger partial charge in [0.15, 0.2) is 0 Å². The normalized spacial score (nSPS) is 18.4. The molecule has 94 valence electrons. The van der Waals surface area contributed by atoms with Gasteiger partial charge in [-0.15, -0.1) is 0 Å². The van der Waals surface area contributed by atoms with Gasteiger partial charge in [0.05, 0.1) is 6.54 Å². The average Bonchev–Trinajstić information content (AvgIpc) is 2.34. The number of nitrogens with one attached hydrogen (secondary N) is 1. The van der Waals surface area contributed by atoms with Crippen molar-refractivity contribution in [1.82, 2.24) is 5.32 Å². The molecule has 1 heterocycles. The average molecular weight is 246 g/mol. The highest BCUT2D eigenvalue weighted by Gasteiger charge is 2.40. The van der Waals surface area contributed by atoms with Gasteiger partial charge in [0.25, 0.3) is 5.91 Å². The summed E-state index contributed by atoms with van der Waals surface area (Å²) in [6, 6.07) is 6.79. The number of amides is 2. The van der Waals surface area contributed by atoms with Gasteiger partial charge in [-0.3, -0.25) is 19.7 Å². The number of carbonyl (C=O) groups is 3.